The van der Waals surface area contributed by atoms with Crippen molar-refractivity contribution in [2.45, 2.75) is 39.7 Å². The average molecular weight is 295 g/mol. The van der Waals surface area contributed by atoms with Crippen LogP contribution in [0.4, 0.5) is 0 Å². The second kappa shape index (κ2) is 6.05. The SMILES string of the molecule is CCC1(C(=O)O)CCCN(Cc2c(C)nn(C)c2OC)C1. The minimum atomic E-state index is -0.676. The lowest BCUT2D eigenvalue weighted by molar-refractivity contribution is -0.153. The Morgan fingerprint density at radius 2 is 2.24 bits per heavy atom. The summed E-state index contributed by atoms with van der Waals surface area (Å²) < 4.78 is 7.16. The second-order valence-corrected chi connectivity index (χ2v) is 5.95. The number of ether oxygens (including phenoxy) is 1. The Balaban J connectivity index is 2.19. The Labute approximate surface area is 125 Å². The number of aliphatic carboxylic acids is 1. The number of nitrogens with zero attached hydrogens (tertiary/aromatic N) is 3. The molecule has 1 aliphatic rings. The van der Waals surface area contributed by atoms with Gasteiger partial charge in [0.15, 0.2) is 0 Å². The van der Waals surface area contributed by atoms with E-state index in [0.717, 1.165) is 36.5 Å². The fraction of sp³-hybridized carbons (Fsp3) is 0.733. The standard InChI is InChI=1S/C15H25N3O3/c1-5-15(14(19)20)7-6-8-18(10-15)9-12-11(2)16-17(3)13(12)21-4/h5-10H2,1-4H3,(H,19,20). The molecule has 0 spiro atoms. The molecule has 1 aliphatic heterocycles. The van der Waals surface area contributed by atoms with Crippen molar-refractivity contribution >= 4 is 5.97 Å². The van der Waals surface area contributed by atoms with E-state index >= 15 is 0 Å². The third-order valence-corrected chi connectivity index (χ3v) is 4.65. The van der Waals surface area contributed by atoms with E-state index in [4.69, 9.17) is 4.74 Å². The topological polar surface area (TPSA) is 67.6 Å². The van der Waals surface area contributed by atoms with Gasteiger partial charge in [0.2, 0.25) is 5.88 Å². The molecular formula is C15H25N3O3. The Bertz CT molecular complexity index is 526. The van der Waals surface area contributed by atoms with Crippen LogP contribution in [-0.4, -0.2) is 46.0 Å². The van der Waals surface area contributed by atoms with Gasteiger partial charge in [-0.15, -0.1) is 0 Å². The van der Waals surface area contributed by atoms with E-state index in [-0.39, 0.29) is 0 Å². The van der Waals surface area contributed by atoms with Gasteiger partial charge in [-0.3, -0.25) is 9.69 Å². The van der Waals surface area contributed by atoms with Crippen molar-refractivity contribution in [3.8, 4) is 5.88 Å². The lowest BCUT2D eigenvalue weighted by atomic mass is 9.77. The number of aromatic nitrogens is 2. The summed E-state index contributed by atoms with van der Waals surface area (Å²) in [5.41, 5.74) is 1.39. The summed E-state index contributed by atoms with van der Waals surface area (Å²) in [7, 11) is 3.50. The monoisotopic (exact) mass is 295 g/mol. The number of carboxylic acids is 1. The number of likely N-dealkylation sites (tertiary alicyclic amines) is 1. The molecule has 2 heterocycles. The minimum absolute atomic E-state index is 0.594. The summed E-state index contributed by atoms with van der Waals surface area (Å²) in [5.74, 6) is 0.0834. The number of aryl methyl sites for hydroxylation is 2. The number of hydrogen-bond donors (Lipinski definition) is 1. The maximum atomic E-state index is 11.6. The molecule has 1 aromatic heterocycles. The van der Waals surface area contributed by atoms with Gasteiger partial charge in [-0.05, 0) is 32.7 Å². The molecule has 0 aromatic carbocycles. The molecule has 1 atom stereocenters. The Hall–Kier alpha value is -1.56. The molecule has 2 rings (SSSR count). The quantitative estimate of drug-likeness (QED) is 0.897. The molecule has 1 unspecified atom stereocenters. The van der Waals surface area contributed by atoms with Crippen LogP contribution in [0, 0.1) is 12.3 Å². The van der Waals surface area contributed by atoms with E-state index < -0.39 is 11.4 Å². The molecule has 0 radical (unpaired) electrons. The molecule has 1 N–H and O–H groups in total. The number of methoxy groups -OCH3 is 1. The van der Waals surface area contributed by atoms with Gasteiger partial charge < -0.3 is 9.84 Å². The number of rotatable bonds is 5. The molecule has 1 saturated heterocycles. The van der Waals surface area contributed by atoms with Gasteiger partial charge in [0.05, 0.1) is 23.8 Å². The largest absolute Gasteiger partial charge is 0.481 e. The van der Waals surface area contributed by atoms with Gasteiger partial charge in [0.25, 0.3) is 0 Å². The molecule has 6 heteroatoms. The molecule has 1 aromatic rings. The van der Waals surface area contributed by atoms with Crippen molar-refractivity contribution in [3.63, 3.8) is 0 Å². The highest BCUT2D eigenvalue weighted by molar-refractivity contribution is 5.75. The average Bonchev–Trinajstić information content (AvgIpc) is 2.72. The highest BCUT2D eigenvalue weighted by Gasteiger charge is 2.41. The summed E-state index contributed by atoms with van der Waals surface area (Å²) >= 11 is 0. The van der Waals surface area contributed by atoms with Crippen LogP contribution >= 0.6 is 0 Å². The van der Waals surface area contributed by atoms with Gasteiger partial charge in [-0.25, -0.2) is 4.68 Å². The van der Waals surface area contributed by atoms with Crippen LogP contribution in [0.15, 0.2) is 0 Å². The second-order valence-electron chi connectivity index (χ2n) is 5.95. The zero-order valence-corrected chi connectivity index (χ0v) is 13.3. The maximum Gasteiger partial charge on any atom is 0.310 e. The minimum Gasteiger partial charge on any atom is -0.481 e. The maximum absolute atomic E-state index is 11.6. The summed E-state index contributed by atoms with van der Waals surface area (Å²) in [4.78, 5) is 13.8. The van der Waals surface area contributed by atoms with Crippen molar-refractivity contribution in [2.75, 3.05) is 20.2 Å². The summed E-state index contributed by atoms with van der Waals surface area (Å²) in [5, 5.41) is 14.0. The van der Waals surface area contributed by atoms with Gasteiger partial charge in [-0.1, -0.05) is 6.92 Å². The molecule has 1 fully saturated rings. The fourth-order valence-electron chi connectivity index (χ4n) is 3.32. The molecule has 0 amide bonds. The Morgan fingerprint density at radius 1 is 1.52 bits per heavy atom. The smallest absolute Gasteiger partial charge is 0.310 e. The van der Waals surface area contributed by atoms with E-state index in [0.29, 0.717) is 19.5 Å². The number of piperidine rings is 1. The zero-order chi connectivity index (χ0) is 15.6. The summed E-state index contributed by atoms with van der Waals surface area (Å²) in [6.07, 6.45) is 2.35. The van der Waals surface area contributed by atoms with Gasteiger partial charge in [0, 0.05) is 20.1 Å². The summed E-state index contributed by atoms with van der Waals surface area (Å²) in [6.45, 7) is 6.14. The van der Waals surface area contributed by atoms with Crippen LogP contribution in [0.3, 0.4) is 0 Å². The first kappa shape index (κ1) is 15.8. The van der Waals surface area contributed by atoms with E-state index in [1.54, 1.807) is 11.8 Å². The lowest BCUT2D eigenvalue weighted by Gasteiger charge is -2.39. The molecular weight excluding hydrogens is 270 g/mol. The van der Waals surface area contributed by atoms with Crippen LogP contribution in [0.25, 0.3) is 0 Å². The van der Waals surface area contributed by atoms with Gasteiger partial charge >= 0.3 is 5.97 Å². The van der Waals surface area contributed by atoms with Crippen molar-refractivity contribution in [2.24, 2.45) is 12.5 Å². The molecule has 0 aliphatic carbocycles. The molecule has 6 nitrogen and oxygen atoms in total. The predicted molar refractivity (Wildman–Crippen MR) is 79.4 cm³/mol. The van der Waals surface area contributed by atoms with Gasteiger partial charge in [0.1, 0.15) is 0 Å². The van der Waals surface area contributed by atoms with Crippen molar-refractivity contribution in [1.82, 2.24) is 14.7 Å². The van der Waals surface area contributed by atoms with E-state index in [1.807, 2.05) is 20.9 Å². The molecule has 21 heavy (non-hydrogen) atoms. The van der Waals surface area contributed by atoms with E-state index in [9.17, 15) is 9.90 Å². The Kier molecular flexibility index (Phi) is 4.56. The van der Waals surface area contributed by atoms with Crippen molar-refractivity contribution in [3.05, 3.63) is 11.3 Å². The number of hydrogen-bond acceptors (Lipinski definition) is 4. The van der Waals surface area contributed by atoms with Crippen molar-refractivity contribution in [1.29, 1.82) is 0 Å². The predicted octanol–water partition coefficient (Wildman–Crippen LogP) is 1.81. The molecule has 0 saturated carbocycles. The zero-order valence-electron chi connectivity index (χ0n) is 13.3. The van der Waals surface area contributed by atoms with Crippen LogP contribution in [0.5, 0.6) is 5.88 Å². The lowest BCUT2D eigenvalue weighted by Crippen LogP contribution is -2.47. The van der Waals surface area contributed by atoms with E-state index in [1.165, 1.54) is 0 Å². The highest BCUT2D eigenvalue weighted by atomic mass is 16.5. The van der Waals surface area contributed by atoms with Gasteiger partial charge in [-0.2, -0.15) is 5.10 Å². The third kappa shape index (κ3) is 2.90. The third-order valence-electron chi connectivity index (χ3n) is 4.65. The van der Waals surface area contributed by atoms with Crippen LogP contribution in [0.2, 0.25) is 0 Å². The fourth-order valence-corrected chi connectivity index (χ4v) is 3.32. The van der Waals surface area contributed by atoms with Crippen LogP contribution < -0.4 is 4.74 Å². The van der Waals surface area contributed by atoms with E-state index in [2.05, 4.69) is 10.00 Å². The highest BCUT2D eigenvalue weighted by Crippen LogP contribution is 2.35. The number of carboxylic acid groups (broad SMARTS) is 1. The van der Waals surface area contributed by atoms with Crippen LogP contribution in [-0.2, 0) is 18.4 Å². The first-order valence-electron chi connectivity index (χ1n) is 7.45. The normalized spacial score (nSPS) is 23.2. The number of carbonyl (C=O) groups is 1. The van der Waals surface area contributed by atoms with Crippen molar-refractivity contribution < 1.29 is 14.6 Å². The molecule has 0 bridgehead atoms. The first-order valence-corrected chi connectivity index (χ1v) is 7.45. The summed E-state index contributed by atoms with van der Waals surface area (Å²) in [6, 6.07) is 0. The first-order chi connectivity index (χ1) is 9.93. The molecule has 118 valence electrons. The Morgan fingerprint density at radius 3 is 2.81 bits per heavy atom. The van der Waals surface area contributed by atoms with Crippen LogP contribution in [0.1, 0.15) is 37.4 Å².